The van der Waals surface area contributed by atoms with Crippen LogP contribution in [-0.2, 0) is 16.6 Å². The van der Waals surface area contributed by atoms with E-state index in [1.807, 2.05) is 17.5 Å². The number of hydrogen-bond donors (Lipinski definition) is 2. The number of para-hydroxylation sites is 1. The van der Waals surface area contributed by atoms with Crippen molar-refractivity contribution in [3.63, 3.8) is 0 Å². The van der Waals surface area contributed by atoms with Gasteiger partial charge in [-0.05, 0) is 23.6 Å². The van der Waals surface area contributed by atoms with E-state index in [0.29, 0.717) is 0 Å². The second-order valence-corrected chi connectivity index (χ2v) is 6.32. The number of nitrogens with two attached hydrogens (primary N) is 1. The predicted octanol–water partition coefficient (Wildman–Crippen LogP) is 1.95. The summed E-state index contributed by atoms with van der Waals surface area (Å²) in [4.78, 5) is 0.632. The molecule has 3 N–H and O–H groups in total. The van der Waals surface area contributed by atoms with Crippen LogP contribution in [0.15, 0.2) is 40.6 Å². The molecular formula is C11H11FN2O2S2. The average Bonchev–Trinajstić information content (AvgIpc) is 2.83. The van der Waals surface area contributed by atoms with Crippen molar-refractivity contribution < 1.29 is 12.8 Å². The first-order valence-corrected chi connectivity index (χ1v) is 7.43. The molecule has 7 heteroatoms. The van der Waals surface area contributed by atoms with E-state index in [1.54, 1.807) is 0 Å². The van der Waals surface area contributed by atoms with E-state index < -0.39 is 15.8 Å². The highest BCUT2D eigenvalue weighted by molar-refractivity contribution is 7.89. The van der Waals surface area contributed by atoms with E-state index in [9.17, 15) is 12.8 Å². The first-order valence-electron chi connectivity index (χ1n) is 5.07. The van der Waals surface area contributed by atoms with E-state index in [0.717, 1.165) is 10.9 Å². The van der Waals surface area contributed by atoms with Gasteiger partial charge in [-0.2, -0.15) is 0 Å². The van der Waals surface area contributed by atoms with Crippen molar-refractivity contribution in [2.24, 2.45) is 0 Å². The molecule has 0 saturated carbocycles. The van der Waals surface area contributed by atoms with Crippen molar-refractivity contribution >= 4 is 27.0 Å². The van der Waals surface area contributed by atoms with Crippen LogP contribution in [0.4, 0.5) is 10.1 Å². The fourth-order valence-corrected chi connectivity index (χ4v) is 3.29. The van der Waals surface area contributed by atoms with Crippen molar-refractivity contribution in [2.45, 2.75) is 11.4 Å². The number of hydrogen-bond acceptors (Lipinski definition) is 4. The topological polar surface area (TPSA) is 72.2 Å². The van der Waals surface area contributed by atoms with Crippen molar-refractivity contribution in [1.29, 1.82) is 0 Å². The van der Waals surface area contributed by atoms with Gasteiger partial charge in [-0.3, -0.25) is 0 Å². The summed E-state index contributed by atoms with van der Waals surface area (Å²) in [6.07, 6.45) is 0. The third-order valence-electron chi connectivity index (χ3n) is 2.32. The number of anilines is 1. The lowest BCUT2D eigenvalue weighted by Crippen LogP contribution is -2.24. The Bertz CT molecular complexity index is 639. The molecule has 2 rings (SSSR count). The molecule has 18 heavy (non-hydrogen) atoms. The lowest BCUT2D eigenvalue weighted by atomic mass is 10.3. The van der Waals surface area contributed by atoms with Gasteiger partial charge in [0.05, 0.1) is 5.69 Å². The van der Waals surface area contributed by atoms with Crippen LogP contribution >= 0.6 is 11.3 Å². The quantitative estimate of drug-likeness (QED) is 0.844. The number of thiophene rings is 1. The van der Waals surface area contributed by atoms with Gasteiger partial charge in [-0.1, -0.05) is 12.1 Å². The van der Waals surface area contributed by atoms with Gasteiger partial charge in [0.2, 0.25) is 10.0 Å². The van der Waals surface area contributed by atoms with Crippen LogP contribution in [0, 0.1) is 5.82 Å². The Kier molecular flexibility index (Phi) is 3.65. The number of halogens is 1. The van der Waals surface area contributed by atoms with Crippen molar-refractivity contribution in [1.82, 2.24) is 4.72 Å². The molecule has 0 amide bonds. The molecule has 0 unspecified atom stereocenters. The normalized spacial score (nSPS) is 11.6. The Morgan fingerprint density at radius 1 is 1.28 bits per heavy atom. The maximum atomic E-state index is 13.2. The van der Waals surface area contributed by atoms with Crippen LogP contribution in [0.1, 0.15) is 4.88 Å². The fourth-order valence-electron chi connectivity index (χ4n) is 1.41. The predicted molar refractivity (Wildman–Crippen MR) is 69.2 cm³/mol. The minimum atomic E-state index is -3.80. The van der Waals surface area contributed by atoms with Gasteiger partial charge in [0.25, 0.3) is 0 Å². The molecule has 0 atom stereocenters. The van der Waals surface area contributed by atoms with Gasteiger partial charge >= 0.3 is 0 Å². The second-order valence-electron chi connectivity index (χ2n) is 3.56. The molecule has 96 valence electrons. The summed E-state index contributed by atoms with van der Waals surface area (Å²) >= 11 is 1.43. The smallest absolute Gasteiger partial charge is 0.243 e. The minimum Gasteiger partial charge on any atom is -0.395 e. The van der Waals surface area contributed by atoms with Crippen LogP contribution in [0.3, 0.4) is 0 Å². The lowest BCUT2D eigenvalue weighted by Gasteiger charge is -2.08. The van der Waals surface area contributed by atoms with E-state index in [-0.39, 0.29) is 17.1 Å². The van der Waals surface area contributed by atoms with Crippen LogP contribution in [0.2, 0.25) is 0 Å². The van der Waals surface area contributed by atoms with Gasteiger partial charge in [-0.15, -0.1) is 11.3 Å². The molecule has 1 heterocycles. The van der Waals surface area contributed by atoms with E-state index >= 15 is 0 Å². The fraction of sp³-hybridized carbons (Fsp3) is 0.0909. The van der Waals surface area contributed by atoms with Gasteiger partial charge in [0.15, 0.2) is 0 Å². The molecule has 0 aliphatic rings. The summed E-state index contributed by atoms with van der Waals surface area (Å²) in [5, 5.41) is 1.85. The zero-order valence-corrected chi connectivity index (χ0v) is 10.9. The van der Waals surface area contributed by atoms with Gasteiger partial charge in [0.1, 0.15) is 10.7 Å². The van der Waals surface area contributed by atoms with E-state index in [2.05, 4.69) is 4.72 Å². The van der Waals surface area contributed by atoms with Gasteiger partial charge < -0.3 is 5.73 Å². The highest BCUT2D eigenvalue weighted by Gasteiger charge is 2.19. The number of sulfonamides is 1. The van der Waals surface area contributed by atoms with E-state index in [1.165, 1.54) is 23.5 Å². The van der Waals surface area contributed by atoms with Crippen LogP contribution in [0.5, 0.6) is 0 Å². The maximum Gasteiger partial charge on any atom is 0.243 e. The highest BCUT2D eigenvalue weighted by Crippen LogP contribution is 2.21. The Morgan fingerprint density at radius 2 is 2.06 bits per heavy atom. The molecule has 4 nitrogen and oxygen atoms in total. The summed E-state index contributed by atoms with van der Waals surface area (Å²) in [7, 11) is -3.80. The zero-order valence-electron chi connectivity index (χ0n) is 9.26. The van der Waals surface area contributed by atoms with Crippen molar-refractivity contribution in [3.05, 3.63) is 46.4 Å². The summed E-state index contributed by atoms with van der Waals surface area (Å²) in [6.45, 7) is 0.163. The molecule has 0 radical (unpaired) electrons. The van der Waals surface area contributed by atoms with Gasteiger partial charge in [-0.25, -0.2) is 17.5 Å². The monoisotopic (exact) mass is 286 g/mol. The third-order valence-corrected chi connectivity index (χ3v) is 4.65. The first-order chi connectivity index (χ1) is 8.50. The Labute approximate surface area is 108 Å². The van der Waals surface area contributed by atoms with Crippen LogP contribution in [0.25, 0.3) is 0 Å². The number of nitrogen functional groups attached to an aromatic ring is 1. The highest BCUT2D eigenvalue weighted by atomic mass is 32.2. The first kappa shape index (κ1) is 13.0. The average molecular weight is 286 g/mol. The Balaban J connectivity index is 2.23. The SMILES string of the molecule is Nc1c(F)cccc1S(=O)(=O)NCc1cccs1. The molecule has 0 aliphatic carbocycles. The molecule has 0 bridgehead atoms. The molecular weight excluding hydrogens is 275 g/mol. The van der Waals surface area contributed by atoms with Crippen LogP contribution < -0.4 is 10.5 Å². The van der Waals surface area contributed by atoms with E-state index in [4.69, 9.17) is 5.73 Å². The molecule has 1 aromatic heterocycles. The molecule has 0 aliphatic heterocycles. The molecule has 1 aromatic carbocycles. The minimum absolute atomic E-state index is 0.163. The van der Waals surface area contributed by atoms with Crippen molar-refractivity contribution in [2.75, 3.05) is 5.73 Å². The molecule has 2 aromatic rings. The number of benzene rings is 1. The maximum absolute atomic E-state index is 13.2. The van der Waals surface area contributed by atoms with Gasteiger partial charge in [0, 0.05) is 11.4 Å². The second kappa shape index (κ2) is 5.05. The summed E-state index contributed by atoms with van der Waals surface area (Å²) in [5.74, 6) is -0.742. The standard InChI is InChI=1S/C11H11FN2O2S2/c12-9-4-1-5-10(11(9)13)18(15,16)14-7-8-3-2-6-17-8/h1-6,14H,7,13H2. The number of rotatable bonds is 4. The number of nitrogens with one attached hydrogen (secondary N) is 1. The lowest BCUT2D eigenvalue weighted by molar-refractivity contribution is 0.579. The summed E-state index contributed by atoms with van der Waals surface area (Å²) in [5.41, 5.74) is 5.06. The summed E-state index contributed by atoms with van der Waals surface area (Å²) in [6, 6.07) is 7.33. The van der Waals surface area contributed by atoms with Crippen molar-refractivity contribution in [3.8, 4) is 0 Å². The molecule has 0 fully saturated rings. The third kappa shape index (κ3) is 2.69. The largest absolute Gasteiger partial charge is 0.395 e. The Hall–Kier alpha value is -1.44. The van der Waals surface area contributed by atoms with Crippen LogP contribution in [-0.4, -0.2) is 8.42 Å². The zero-order chi connectivity index (χ0) is 13.2. The summed E-state index contributed by atoms with van der Waals surface area (Å²) < 4.78 is 39.5. The molecule has 0 saturated heterocycles. The Morgan fingerprint density at radius 3 is 2.72 bits per heavy atom. The molecule has 0 spiro atoms.